The minimum Gasteiger partial charge on any atom is -0.369 e. The quantitative estimate of drug-likeness (QED) is 0.313. The first-order valence-corrected chi connectivity index (χ1v) is 11.7. The monoisotopic (exact) mass is 447 g/mol. The number of nitrogens with one attached hydrogen (secondary N) is 3. The number of fused-ring (bicyclic) bond motifs is 1. The van der Waals surface area contributed by atoms with Gasteiger partial charge in [-0.1, -0.05) is 24.3 Å². The number of rotatable bonds is 8. The lowest BCUT2D eigenvalue weighted by molar-refractivity contribution is -0.122. The number of nitrogens with two attached hydrogens (primary N) is 1. The Kier molecular flexibility index (Phi) is 7.44. The van der Waals surface area contributed by atoms with Gasteiger partial charge in [-0.2, -0.15) is 0 Å². The van der Waals surface area contributed by atoms with Crippen LogP contribution in [0.2, 0.25) is 0 Å². The van der Waals surface area contributed by atoms with E-state index in [2.05, 4.69) is 62.9 Å². The average molecular weight is 448 g/mol. The predicted molar refractivity (Wildman–Crippen MR) is 133 cm³/mol. The molecule has 0 radical (unpaired) electrons. The van der Waals surface area contributed by atoms with Crippen molar-refractivity contribution in [2.75, 3.05) is 31.1 Å². The largest absolute Gasteiger partial charge is 0.369 e. The molecule has 3 aromatic rings. The summed E-state index contributed by atoms with van der Waals surface area (Å²) in [6, 6.07) is 12.4. The number of carbonyl (C=O) groups is 1. The number of aromatic nitrogens is 2. The van der Waals surface area contributed by atoms with Gasteiger partial charge in [0.25, 0.3) is 0 Å². The van der Waals surface area contributed by atoms with E-state index in [-0.39, 0.29) is 11.8 Å². The van der Waals surface area contributed by atoms with Crippen LogP contribution in [-0.4, -0.2) is 48.0 Å². The van der Waals surface area contributed by atoms with Crippen molar-refractivity contribution in [3.63, 3.8) is 0 Å². The molecule has 0 bridgehead atoms. The molecule has 0 unspecified atom stereocenters. The minimum atomic E-state index is -0.200. The van der Waals surface area contributed by atoms with Crippen molar-refractivity contribution < 1.29 is 4.79 Å². The highest BCUT2D eigenvalue weighted by Gasteiger charge is 2.24. The van der Waals surface area contributed by atoms with E-state index in [1.165, 1.54) is 10.9 Å². The highest BCUT2D eigenvalue weighted by molar-refractivity contribution is 5.83. The molecule has 1 saturated heterocycles. The molecule has 8 heteroatoms. The molecule has 5 N–H and O–H groups in total. The second-order valence-electron chi connectivity index (χ2n) is 8.38. The maximum absolute atomic E-state index is 11.5. The number of carbonyl (C=O) groups excluding carboxylic acids is 1. The number of para-hydroxylation sites is 1. The summed E-state index contributed by atoms with van der Waals surface area (Å²) in [5.41, 5.74) is 9.01. The number of pyridine rings is 1. The Hall–Kier alpha value is -3.55. The summed E-state index contributed by atoms with van der Waals surface area (Å²) >= 11 is 0. The van der Waals surface area contributed by atoms with Gasteiger partial charge in [0, 0.05) is 61.0 Å². The zero-order valence-electron chi connectivity index (χ0n) is 19.2. The summed E-state index contributed by atoms with van der Waals surface area (Å²) in [6.07, 6.45) is 6.34. The van der Waals surface area contributed by atoms with Crippen LogP contribution in [0.5, 0.6) is 0 Å². The molecular weight excluding hydrogens is 414 g/mol. The third-order valence-corrected chi connectivity index (χ3v) is 6.18. The van der Waals surface area contributed by atoms with Crippen molar-refractivity contribution in [2.45, 2.75) is 32.7 Å². The minimum absolute atomic E-state index is 0.0341. The van der Waals surface area contributed by atoms with Crippen molar-refractivity contribution in [1.29, 1.82) is 0 Å². The van der Waals surface area contributed by atoms with Crippen LogP contribution in [0.3, 0.4) is 0 Å². The molecule has 4 rings (SSSR count). The van der Waals surface area contributed by atoms with Gasteiger partial charge < -0.3 is 26.3 Å². The number of hydrogen-bond acceptors (Lipinski definition) is 4. The van der Waals surface area contributed by atoms with Crippen molar-refractivity contribution in [3.8, 4) is 0 Å². The number of benzene rings is 1. The van der Waals surface area contributed by atoms with E-state index in [9.17, 15) is 4.79 Å². The van der Waals surface area contributed by atoms with E-state index in [0.29, 0.717) is 6.54 Å². The number of piperidine rings is 1. The van der Waals surface area contributed by atoms with Crippen molar-refractivity contribution in [3.05, 3.63) is 59.9 Å². The fraction of sp³-hybridized carbons (Fsp3) is 0.400. The first-order valence-electron chi connectivity index (χ1n) is 11.7. The molecular formula is C25H33N7O. The van der Waals surface area contributed by atoms with Gasteiger partial charge in [-0.05, 0) is 43.9 Å². The van der Waals surface area contributed by atoms with Gasteiger partial charge in [-0.3, -0.25) is 4.79 Å². The molecule has 0 atom stereocenters. The number of hydrogen-bond donors (Lipinski definition) is 4. The number of nitrogens with zero attached hydrogens (tertiary/aromatic N) is 3. The average Bonchev–Trinajstić information content (AvgIpc) is 3.26. The molecule has 1 amide bonds. The number of amides is 1. The lowest BCUT2D eigenvalue weighted by atomic mass is 9.96. The molecule has 8 nitrogen and oxygen atoms in total. The lowest BCUT2D eigenvalue weighted by Gasteiger charge is -2.32. The molecule has 0 aliphatic carbocycles. The Balaban J connectivity index is 1.38. The van der Waals surface area contributed by atoms with Gasteiger partial charge in [-0.25, -0.2) is 9.98 Å². The van der Waals surface area contributed by atoms with Crippen LogP contribution in [0, 0.1) is 5.92 Å². The molecule has 1 aliphatic heterocycles. The van der Waals surface area contributed by atoms with E-state index in [0.717, 1.165) is 68.3 Å². The van der Waals surface area contributed by atoms with Crippen molar-refractivity contribution in [2.24, 2.45) is 16.6 Å². The summed E-state index contributed by atoms with van der Waals surface area (Å²) in [5, 5.41) is 8.05. The second kappa shape index (κ2) is 10.8. The molecule has 174 valence electrons. The summed E-state index contributed by atoms with van der Waals surface area (Å²) in [6.45, 7) is 5.73. The lowest BCUT2D eigenvalue weighted by Crippen LogP contribution is -2.39. The Labute approximate surface area is 194 Å². The molecule has 0 saturated carbocycles. The van der Waals surface area contributed by atoms with Crippen LogP contribution in [0.15, 0.2) is 53.8 Å². The molecule has 1 aromatic carbocycles. The third-order valence-electron chi connectivity index (χ3n) is 6.18. The van der Waals surface area contributed by atoms with Crippen LogP contribution in [0.25, 0.3) is 10.9 Å². The van der Waals surface area contributed by atoms with Crippen LogP contribution >= 0.6 is 0 Å². The van der Waals surface area contributed by atoms with Gasteiger partial charge in [0.1, 0.15) is 5.82 Å². The van der Waals surface area contributed by atoms with E-state index >= 15 is 0 Å². The Morgan fingerprint density at radius 1 is 1.18 bits per heavy atom. The first-order chi connectivity index (χ1) is 16.2. The number of anilines is 1. The van der Waals surface area contributed by atoms with Crippen LogP contribution in [-0.2, 0) is 17.8 Å². The SMILES string of the molecule is CCNC(=NCc1cccnc1N1CCC(C(N)=O)CC1)NCCc1c[nH]c2ccccc12. The number of H-pyrrole nitrogens is 1. The van der Waals surface area contributed by atoms with Crippen molar-refractivity contribution >= 4 is 28.6 Å². The highest BCUT2D eigenvalue weighted by atomic mass is 16.1. The van der Waals surface area contributed by atoms with Gasteiger partial charge in [0.2, 0.25) is 5.91 Å². The second-order valence-corrected chi connectivity index (χ2v) is 8.38. The smallest absolute Gasteiger partial charge is 0.220 e. The highest BCUT2D eigenvalue weighted by Crippen LogP contribution is 2.25. The number of guanidine groups is 1. The molecule has 33 heavy (non-hydrogen) atoms. The fourth-order valence-electron chi connectivity index (χ4n) is 4.37. The van der Waals surface area contributed by atoms with Crippen molar-refractivity contribution in [1.82, 2.24) is 20.6 Å². The standard InChI is InChI=1S/C25H33N7O/c1-2-27-25(29-13-9-19-16-30-22-8-4-3-7-21(19)22)31-17-20-6-5-12-28-24(20)32-14-10-18(11-15-32)23(26)33/h3-8,12,16,18,30H,2,9-11,13-15,17H2,1H3,(H2,26,33)(H2,27,29,31). The van der Waals surface area contributed by atoms with Crippen LogP contribution < -0.4 is 21.3 Å². The number of primary amides is 1. The van der Waals surface area contributed by atoms with E-state index in [1.807, 2.05) is 18.3 Å². The number of aromatic amines is 1. The molecule has 2 aromatic heterocycles. The zero-order chi connectivity index (χ0) is 23.0. The Bertz CT molecular complexity index is 1100. The van der Waals surface area contributed by atoms with Gasteiger partial charge in [0.05, 0.1) is 6.54 Å². The molecule has 0 spiro atoms. The van der Waals surface area contributed by atoms with E-state index in [1.54, 1.807) is 0 Å². The predicted octanol–water partition coefficient (Wildman–Crippen LogP) is 2.56. The van der Waals surface area contributed by atoms with E-state index < -0.39 is 0 Å². The van der Waals surface area contributed by atoms with E-state index in [4.69, 9.17) is 10.7 Å². The maximum Gasteiger partial charge on any atom is 0.220 e. The van der Waals surface area contributed by atoms with Gasteiger partial charge >= 0.3 is 0 Å². The molecule has 1 aliphatic rings. The Morgan fingerprint density at radius 2 is 2.00 bits per heavy atom. The summed E-state index contributed by atoms with van der Waals surface area (Å²) < 4.78 is 0. The summed E-state index contributed by atoms with van der Waals surface area (Å²) in [5.74, 6) is 1.50. The van der Waals surface area contributed by atoms with Crippen LogP contribution in [0.1, 0.15) is 30.9 Å². The first kappa shape index (κ1) is 22.6. The Morgan fingerprint density at radius 3 is 2.79 bits per heavy atom. The fourth-order valence-corrected chi connectivity index (χ4v) is 4.37. The zero-order valence-corrected chi connectivity index (χ0v) is 19.2. The number of aliphatic imine (C=N–C) groups is 1. The van der Waals surface area contributed by atoms with Gasteiger partial charge in [0.15, 0.2) is 5.96 Å². The molecule has 3 heterocycles. The summed E-state index contributed by atoms with van der Waals surface area (Å²) in [7, 11) is 0. The van der Waals surface area contributed by atoms with Crippen LogP contribution in [0.4, 0.5) is 5.82 Å². The van der Waals surface area contributed by atoms with Gasteiger partial charge in [-0.15, -0.1) is 0 Å². The normalized spacial score (nSPS) is 15.1. The summed E-state index contributed by atoms with van der Waals surface area (Å²) in [4.78, 5) is 26.5. The third kappa shape index (κ3) is 5.63. The maximum atomic E-state index is 11.5. The molecule has 1 fully saturated rings. The topological polar surface area (TPSA) is 111 Å².